The molecule has 0 spiro atoms. The largest absolute Gasteiger partial charge is 0.378 e. The van der Waals surface area contributed by atoms with Crippen molar-refractivity contribution in [1.29, 1.82) is 0 Å². The molecule has 1 N–H and O–H groups in total. The van der Waals surface area contributed by atoms with Crippen molar-refractivity contribution < 1.29 is 9.53 Å². The Bertz CT molecular complexity index is 257. The van der Waals surface area contributed by atoms with Crippen molar-refractivity contribution in [1.82, 2.24) is 10.2 Å². The lowest BCUT2D eigenvalue weighted by Crippen LogP contribution is -2.55. The molecule has 0 atom stereocenters. The Morgan fingerprint density at radius 1 is 1.53 bits per heavy atom. The third-order valence-electron chi connectivity index (χ3n) is 2.97. The zero-order valence-corrected chi connectivity index (χ0v) is 9.91. The number of hydrogen-bond donors (Lipinski definition) is 1. The fraction of sp³-hybridized carbons (Fsp3) is 0.727. The molecule has 0 aromatic rings. The summed E-state index contributed by atoms with van der Waals surface area (Å²) < 4.78 is 5.15. The lowest BCUT2D eigenvalue weighted by molar-refractivity contribution is -0.116. The van der Waals surface area contributed by atoms with E-state index in [1.807, 2.05) is 6.08 Å². The number of carbonyl (C=O) groups is 1. The number of amides is 1. The number of nitrogens with one attached hydrogen (secondary N) is 1. The maximum Gasteiger partial charge on any atom is 0.243 e. The smallest absolute Gasteiger partial charge is 0.243 e. The highest BCUT2D eigenvalue weighted by molar-refractivity contribution is 5.87. The molecule has 1 aliphatic heterocycles. The van der Waals surface area contributed by atoms with E-state index in [2.05, 4.69) is 31.1 Å². The van der Waals surface area contributed by atoms with E-state index in [1.165, 1.54) is 0 Å². The van der Waals surface area contributed by atoms with E-state index in [-0.39, 0.29) is 11.4 Å². The maximum atomic E-state index is 11.1. The molecule has 1 amide bonds. The van der Waals surface area contributed by atoms with Crippen molar-refractivity contribution >= 4 is 5.91 Å². The van der Waals surface area contributed by atoms with Crippen LogP contribution in [0, 0.1) is 0 Å². The average molecular weight is 212 g/mol. The minimum absolute atomic E-state index is 0.0682. The molecule has 1 aliphatic rings. The molecule has 0 radical (unpaired) electrons. The predicted octanol–water partition coefficient (Wildman–Crippen LogP) is 0.398. The number of likely N-dealkylation sites (N-methyl/N-ethyl adjacent to an activating group) is 2. The fourth-order valence-corrected chi connectivity index (χ4v) is 1.40. The molecule has 0 unspecified atom stereocenters. The van der Waals surface area contributed by atoms with Crippen LogP contribution in [0.5, 0.6) is 0 Å². The van der Waals surface area contributed by atoms with Gasteiger partial charge in [0.1, 0.15) is 0 Å². The number of rotatable bonds is 4. The van der Waals surface area contributed by atoms with Crippen molar-refractivity contribution in [3.05, 3.63) is 12.2 Å². The molecule has 1 heterocycles. The first kappa shape index (κ1) is 12.2. The highest BCUT2D eigenvalue weighted by Crippen LogP contribution is 2.21. The Labute approximate surface area is 91.3 Å². The summed E-state index contributed by atoms with van der Waals surface area (Å²) >= 11 is 0. The summed E-state index contributed by atoms with van der Waals surface area (Å²) in [6, 6.07) is 0.467. The van der Waals surface area contributed by atoms with Crippen molar-refractivity contribution in [2.75, 3.05) is 27.3 Å². The van der Waals surface area contributed by atoms with Gasteiger partial charge in [-0.1, -0.05) is 6.08 Å². The molecule has 0 aliphatic carbocycles. The van der Waals surface area contributed by atoms with E-state index in [0.717, 1.165) is 13.2 Å². The van der Waals surface area contributed by atoms with Crippen LogP contribution < -0.4 is 5.32 Å². The van der Waals surface area contributed by atoms with Crippen LogP contribution in [0.15, 0.2) is 12.2 Å². The first-order chi connectivity index (χ1) is 6.97. The van der Waals surface area contributed by atoms with Gasteiger partial charge in [0.05, 0.1) is 19.3 Å². The number of ether oxygens (including phenoxy) is 1. The zero-order valence-electron chi connectivity index (χ0n) is 9.91. The van der Waals surface area contributed by atoms with E-state index >= 15 is 0 Å². The normalized spacial score (nSPS) is 18.2. The van der Waals surface area contributed by atoms with Gasteiger partial charge < -0.3 is 10.1 Å². The van der Waals surface area contributed by atoms with Crippen LogP contribution in [0.3, 0.4) is 0 Å². The van der Waals surface area contributed by atoms with Crippen LogP contribution >= 0.6 is 0 Å². The minimum atomic E-state index is -0.124. The first-order valence-electron chi connectivity index (χ1n) is 5.19. The van der Waals surface area contributed by atoms with Crippen molar-refractivity contribution in [2.24, 2.45) is 0 Å². The molecule has 0 aromatic heterocycles. The molecule has 0 saturated carbocycles. The van der Waals surface area contributed by atoms with Crippen molar-refractivity contribution in [3.63, 3.8) is 0 Å². The van der Waals surface area contributed by atoms with E-state index < -0.39 is 0 Å². The lowest BCUT2D eigenvalue weighted by atomic mass is 9.99. The molecule has 4 heteroatoms. The topological polar surface area (TPSA) is 41.6 Å². The van der Waals surface area contributed by atoms with Crippen LogP contribution in [0.1, 0.15) is 13.8 Å². The monoisotopic (exact) mass is 212 g/mol. The molecule has 1 fully saturated rings. The summed E-state index contributed by atoms with van der Waals surface area (Å²) in [4.78, 5) is 13.3. The van der Waals surface area contributed by atoms with Gasteiger partial charge in [0.25, 0.3) is 0 Å². The highest BCUT2D eigenvalue weighted by atomic mass is 16.5. The Balaban J connectivity index is 2.56. The van der Waals surface area contributed by atoms with Crippen LogP contribution in [-0.4, -0.2) is 49.7 Å². The Morgan fingerprint density at radius 2 is 2.13 bits per heavy atom. The van der Waals surface area contributed by atoms with Gasteiger partial charge in [0.2, 0.25) is 5.91 Å². The minimum Gasteiger partial charge on any atom is -0.378 e. The zero-order chi connectivity index (χ0) is 11.5. The highest BCUT2D eigenvalue weighted by Gasteiger charge is 2.31. The predicted molar refractivity (Wildman–Crippen MR) is 59.7 cm³/mol. The van der Waals surface area contributed by atoms with Crippen LogP contribution in [0.25, 0.3) is 0 Å². The second-order valence-corrected chi connectivity index (χ2v) is 4.40. The third-order valence-corrected chi connectivity index (χ3v) is 2.97. The van der Waals surface area contributed by atoms with E-state index in [9.17, 15) is 4.79 Å². The molecule has 86 valence electrons. The van der Waals surface area contributed by atoms with E-state index in [1.54, 1.807) is 13.1 Å². The Kier molecular flexibility index (Phi) is 3.88. The summed E-state index contributed by atoms with van der Waals surface area (Å²) in [5.41, 5.74) is -0.124. The lowest BCUT2D eigenvalue weighted by Gasteiger charge is -2.43. The van der Waals surface area contributed by atoms with Crippen LogP contribution in [-0.2, 0) is 9.53 Å². The molecule has 4 nitrogen and oxygen atoms in total. The summed E-state index contributed by atoms with van der Waals surface area (Å²) in [6.07, 6.45) is 3.50. The van der Waals surface area contributed by atoms with Gasteiger partial charge in [-0.3, -0.25) is 9.69 Å². The first-order valence-corrected chi connectivity index (χ1v) is 5.19. The van der Waals surface area contributed by atoms with Crippen molar-refractivity contribution in [2.45, 2.75) is 25.4 Å². The molecule has 0 aromatic carbocycles. The molecular formula is C11H20N2O2. The molecule has 1 rings (SSSR count). The van der Waals surface area contributed by atoms with Gasteiger partial charge >= 0.3 is 0 Å². The summed E-state index contributed by atoms with van der Waals surface area (Å²) in [5, 5.41) is 2.56. The van der Waals surface area contributed by atoms with Crippen LogP contribution in [0.2, 0.25) is 0 Å². The van der Waals surface area contributed by atoms with E-state index in [4.69, 9.17) is 4.74 Å². The summed E-state index contributed by atoms with van der Waals surface area (Å²) in [7, 11) is 3.69. The van der Waals surface area contributed by atoms with Gasteiger partial charge in [-0.25, -0.2) is 0 Å². The number of nitrogens with zero attached hydrogens (tertiary/aromatic N) is 1. The fourth-order valence-electron chi connectivity index (χ4n) is 1.40. The summed E-state index contributed by atoms with van der Waals surface area (Å²) in [5.74, 6) is -0.0682. The van der Waals surface area contributed by atoms with Crippen molar-refractivity contribution in [3.8, 4) is 0 Å². The van der Waals surface area contributed by atoms with Gasteiger partial charge in [0.15, 0.2) is 0 Å². The number of carbonyl (C=O) groups excluding carboxylic acids is 1. The average Bonchev–Trinajstić information content (AvgIpc) is 2.11. The molecule has 15 heavy (non-hydrogen) atoms. The second-order valence-electron chi connectivity index (χ2n) is 4.40. The standard InChI is InChI=1S/C11H20N2O2/c1-11(2,6-5-10(14)12-3)13(4)9-7-15-8-9/h5-6,9H,7-8H2,1-4H3,(H,12,14)/b6-5+. The third kappa shape index (κ3) is 3.04. The molecule has 0 bridgehead atoms. The van der Waals surface area contributed by atoms with Gasteiger partial charge in [-0.2, -0.15) is 0 Å². The Morgan fingerprint density at radius 3 is 2.53 bits per heavy atom. The Hall–Kier alpha value is -0.870. The second kappa shape index (κ2) is 4.77. The van der Waals surface area contributed by atoms with E-state index in [0.29, 0.717) is 6.04 Å². The van der Waals surface area contributed by atoms with Crippen LogP contribution in [0.4, 0.5) is 0 Å². The SMILES string of the molecule is CNC(=O)/C=C/C(C)(C)N(C)C1COC1. The van der Waals surface area contributed by atoms with Gasteiger partial charge in [-0.15, -0.1) is 0 Å². The summed E-state index contributed by atoms with van der Waals surface area (Å²) in [6.45, 7) is 5.75. The number of hydrogen-bond acceptors (Lipinski definition) is 3. The van der Waals surface area contributed by atoms with Gasteiger partial charge in [-0.05, 0) is 20.9 Å². The quantitative estimate of drug-likeness (QED) is 0.686. The van der Waals surface area contributed by atoms with Gasteiger partial charge in [0, 0.05) is 18.7 Å². The maximum absolute atomic E-state index is 11.1. The molecular weight excluding hydrogens is 192 g/mol. The molecule has 1 saturated heterocycles.